The molecule has 0 aliphatic heterocycles. The Morgan fingerprint density at radius 2 is 2.19 bits per heavy atom. The molecule has 6 heteroatoms. The molecule has 2 aromatic rings. The van der Waals surface area contributed by atoms with E-state index in [0.717, 1.165) is 18.7 Å². The number of nitrogens with one attached hydrogen (secondary N) is 2. The molecule has 0 atom stereocenters. The third kappa shape index (κ3) is 4.49. The first kappa shape index (κ1) is 15.4. The van der Waals surface area contributed by atoms with Crippen molar-refractivity contribution in [3.05, 3.63) is 47.0 Å². The molecule has 0 radical (unpaired) electrons. The van der Waals surface area contributed by atoms with Gasteiger partial charge in [0.25, 0.3) is 5.91 Å². The Kier molecular flexibility index (Phi) is 5.63. The summed E-state index contributed by atoms with van der Waals surface area (Å²) in [5, 5.41) is 6.26. The van der Waals surface area contributed by atoms with Gasteiger partial charge in [-0.05, 0) is 30.7 Å². The van der Waals surface area contributed by atoms with Gasteiger partial charge in [0.05, 0.1) is 11.3 Å². The van der Waals surface area contributed by atoms with E-state index >= 15 is 0 Å². The quantitative estimate of drug-likeness (QED) is 0.824. The Bertz CT molecular complexity index is 585. The second-order valence-corrected chi connectivity index (χ2v) is 4.95. The minimum atomic E-state index is -0.285. The van der Waals surface area contributed by atoms with Gasteiger partial charge in [-0.15, -0.1) is 0 Å². The second-order valence-electron chi connectivity index (χ2n) is 4.54. The summed E-state index contributed by atoms with van der Waals surface area (Å²) in [6.45, 7) is 3.33. The summed E-state index contributed by atoms with van der Waals surface area (Å²) in [6.07, 6.45) is 3.22. The van der Waals surface area contributed by atoms with Gasteiger partial charge < -0.3 is 15.1 Å². The largest absolute Gasteiger partial charge is 0.469 e. The third-order valence-electron chi connectivity index (χ3n) is 2.85. The van der Waals surface area contributed by atoms with Crippen LogP contribution in [0.15, 0.2) is 34.9 Å². The molecule has 2 rings (SSSR count). The van der Waals surface area contributed by atoms with E-state index in [-0.39, 0.29) is 11.6 Å². The van der Waals surface area contributed by atoms with Gasteiger partial charge >= 0.3 is 0 Å². The Balaban J connectivity index is 1.94. The van der Waals surface area contributed by atoms with Crippen LogP contribution in [0.1, 0.15) is 29.6 Å². The third-order valence-corrected chi connectivity index (χ3v) is 3.16. The normalized spacial score (nSPS) is 10.4. The molecule has 2 aromatic heterocycles. The van der Waals surface area contributed by atoms with Crippen molar-refractivity contribution in [3.8, 4) is 0 Å². The molecule has 112 valence electrons. The van der Waals surface area contributed by atoms with Crippen LogP contribution >= 0.6 is 11.6 Å². The first-order valence-corrected chi connectivity index (χ1v) is 7.29. The van der Waals surface area contributed by atoms with Gasteiger partial charge in [-0.2, -0.15) is 0 Å². The molecule has 2 N–H and O–H groups in total. The smallest absolute Gasteiger partial charge is 0.271 e. The summed E-state index contributed by atoms with van der Waals surface area (Å²) in [4.78, 5) is 16.4. The number of hydrogen-bond donors (Lipinski definition) is 2. The SMILES string of the molecule is CCCNc1ccc(Cl)c(C(=O)NCCc2ccco2)n1. The van der Waals surface area contributed by atoms with E-state index in [1.807, 2.05) is 12.1 Å². The molecule has 0 bridgehead atoms. The van der Waals surface area contributed by atoms with Gasteiger partial charge in [0.15, 0.2) is 0 Å². The monoisotopic (exact) mass is 307 g/mol. The maximum absolute atomic E-state index is 12.1. The van der Waals surface area contributed by atoms with Crippen molar-refractivity contribution in [1.29, 1.82) is 0 Å². The zero-order valence-corrected chi connectivity index (χ0v) is 12.6. The van der Waals surface area contributed by atoms with Crippen LogP contribution in [0.2, 0.25) is 5.02 Å². The number of carbonyl (C=O) groups is 1. The highest BCUT2D eigenvalue weighted by Crippen LogP contribution is 2.16. The molecule has 0 saturated carbocycles. The Labute approximate surface area is 128 Å². The molecule has 0 unspecified atom stereocenters. The summed E-state index contributed by atoms with van der Waals surface area (Å²) in [7, 11) is 0. The van der Waals surface area contributed by atoms with Gasteiger partial charge in [-0.1, -0.05) is 18.5 Å². The number of rotatable bonds is 7. The Morgan fingerprint density at radius 3 is 2.90 bits per heavy atom. The second kappa shape index (κ2) is 7.69. The van der Waals surface area contributed by atoms with Crippen molar-refractivity contribution in [3.63, 3.8) is 0 Å². The first-order valence-electron chi connectivity index (χ1n) is 6.91. The Morgan fingerprint density at radius 1 is 1.33 bits per heavy atom. The van der Waals surface area contributed by atoms with Crippen molar-refractivity contribution in [2.24, 2.45) is 0 Å². The number of amides is 1. The number of halogens is 1. The zero-order valence-electron chi connectivity index (χ0n) is 11.9. The average molecular weight is 308 g/mol. The number of nitrogens with zero attached hydrogens (tertiary/aromatic N) is 1. The average Bonchev–Trinajstić information content (AvgIpc) is 2.99. The minimum absolute atomic E-state index is 0.234. The van der Waals surface area contributed by atoms with Crippen LogP contribution in [0, 0.1) is 0 Å². The lowest BCUT2D eigenvalue weighted by atomic mass is 10.3. The molecule has 0 fully saturated rings. The van der Waals surface area contributed by atoms with Crippen LogP contribution in [0.4, 0.5) is 5.82 Å². The van der Waals surface area contributed by atoms with E-state index in [9.17, 15) is 4.79 Å². The highest BCUT2D eigenvalue weighted by atomic mass is 35.5. The standard InChI is InChI=1S/C15H18ClN3O2/c1-2-8-17-13-6-5-12(16)14(19-13)15(20)18-9-7-11-4-3-10-21-11/h3-6,10H,2,7-9H2,1H3,(H,17,19)(H,18,20). The first-order chi connectivity index (χ1) is 10.2. The zero-order chi connectivity index (χ0) is 15.1. The number of aromatic nitrogens is 1. The van der Waals surface area contributed by atoms with Gasteiger partial charge in [0.1, 0.15) is 17.3 Å². The number of anilines is 1. The van der Waals surface area contributed by atoms with Crippen LogP contribution < -0.4 is 10.6 Å². The molecule has 0 aliphatic carbocycles. The topological polar surface area (TPSA) is 67.2 Å². The molecule has 0 aliphatic rings. The van der Waals surface area contributed by atoms with Crippen LogP contribution in [0.5, 0.6) is 0 Å². The minimum Gasteiger partial charge on any atom is -0.469 e. The van der Waals surface area contributed by atoms with E-state index in [0.29, 0.717) is 23.8 Å². The van der Waals surface area contributed by atoms with Crippen molar-refractivity contribution in [2.75, 3.05) is 18.4 Å². The molecule has 2 heterocycles. The fourth-order valence-electron chi connectivity index (χ4n) is 1.79. The Hall–Kier alpha value is -2.01. The van der Waals surface area contributed by atoms with Crippen LogP contribution in [-0.2, 0) is 6.42 Å². The number of furan rings is 1. The predicted molar refractivity (Wildman–Crippen MR) is 82.8 cm³/mol. The summed E-state index contributed by atoms with van der Waals surface area (Å²) in [5.41, 5.74) is 0.234. The van der Waals surface area contributed by atoms with Crippen molar-refractivity contribution in [1.82, 2.24) is 10.3 Å². The maximum Gasteiger partial charge on any atom is 0.271 e. The fourth-order valence-corrected chi connectivity index (χ4v) is 1.98. The molecular weight excluding hydrogens is 290 g/mol. The predicted octanol–water partition coefficient (Wildman–Crippen LogP) is 3.12. The lowest BCUT2D eigenvalue weighted by Gasteiger charge is -2.08. The van der Waals surface area contributed by atoms with Crippen molar-refractivity contribution >= 4 is 23.3 Å². The van der Waals surface area contributed by atoms with Gasteiger partial charge in [0, 0.05) is 19.5 Å². The summed E-state index contributed by atoms with van der Waals surface area (Å²) in [5.74, 6) is 1.19. The summed E-state index contributed by atoms with van der Waals surface area (Å²) >= 11 is 6.03. The molecular formula is C15H18ClN3O2. The van der Waals surface area contributed by atoms with Crippen molar-refractivity contribution < 1.29 is 9.21 Å². The van der Waals surface area contributed by atoms with Crippen molar-refractivity contribution in [2.45, 2.75) is 19.8 Å². The number of pyridine rings is 1. The molecule has 0 saturated heterocycles. The molecule has 0 spiro atoms. The fraction of sp³-hybridized carbons (Fsp3) is 0.333. The maximum atomic E-state index is 12.1. The highest BCUT2D eigenvalue weighted by Gasteiger charge is 2.13. The van der Waals surface area contributed by atoms with Crippen LogP contribution in [0.3, 0.4) is 0 Å². The van der Waals surface area contributed by atoms with E-state index < -0.39 is 0 Å². The van der Waals surface area contributed by atoms with Gasteiger partial charge in [-0.25, -0.2) is 4.98 Å². The number of carbonyl (C=O) groups excluding carboxylic acids is 1. The highest BCUT2D eigenvalue weighted by molar-refractivity contribution is 6.33. The summed E-state index contributed by atoms with van der Waals surface area (Å²) < 4.78 is 5.21. The van der Waals surface area contributed by atoms with Gasteiger partial charge in [0.2, 0.25) is 0 Å². The van der Waals surface area contributed by atoms with E-state index in [2.05, 4.69) is 22.5 Å². The van der Waals surface area contributed by atoms with Gasteiger partial charge in [-0.3, -0.25) is 4.79 Å². The van der Waals surface area contributed by atoms with E-state index in [1.165, 1.54) is 0 Å². The lowest BCUT2D eigenvalue weighted by Crippen LogP contribution is -2.27. The van der Waals surface area contributed by atoms with Crippen LogP contribution in [0.25, 0.3) is 0 Å². The summed E-state index contributed by atoms with van der Waals surface area (Å²) in [6, 6.07) is 7.12. The number of hydrogen-bond acceptors (Lipinski definition) is 4. The molecule has 21 heavy (non-hydrogen) atoms. The van der Waals surface area contributed by atoms with Crippen LogP contribution in [-0.4, -0.2) is 24.0 Å². The molecule has 5 nitrogen and oxygen atoms in total. The lowest BCUT2D eigenvalue weighted by molar-refractivity contribution is 0.0949. The van der Waals surface area contributed by atoms with E-state index in [1.54, 1.807) is 18.4 Å². The molecule has 1 amide bonds. The molecule has 0 aromatic carbocycles. The van der Waals surface area contributed by atoms with E-state index in [4.69, 9.17) is 16.0 Å².